The summed E-state index contributed by atoms with van der Waals surface area (Å²) in [6.45, 7) is 3.75. The number of nitrogens with zero attached hydrogens (tertiary/aromatic N) is 4. The highest BCUT2D eigenvalue weighted by atomic mass is 15.3. The van der Waals surface area contributed by atoms with Crippen LogP contribution < -0.4 is 10.6 Å². The van der Waals surface area contributed by atoms with E-state index in [4.69, 9.17) is 0 Å². The maximum atomic E-state index is 4.38. The lowest BCUT2D eigenvalue weighted by Gasteiger charge is -2.47. The molecular weight excluding hydrogens is 288 g/mol. The van der Waals surface area contributed by atoms with Gasteiger partial charge in [-0.1, -0.05) is 6.42 Å². The van der Waals surface area contributed by atoms with Crippen LogP contribution in [0.15, 0.2) is 17.4 Å². The summed E-state index contributed by atoms with van der Waals surface area (Å²) in [6, 6.07) is 2.02. The van der Waals surface area contributed by atoms with Gasteiger partial charge in [-0.3, -0.25) is 9.67 Å². The molecule has 2 aliphatic heterocycles. The van der Waals surface area contributed by atoms with E-state index in [1.165, 1.54) is 37.7 Å². The van der Waals surface area contributed by atoms with Crippen LogP contribution in [0.3, 0.4) is 0 Å². The normalized spacial score (nSPS) is 28.7. The third kappa shape index (κ3) is 4.05. The smallest absolute Gasteiger partial charge is 0.191 e. The van der Waals surface area contributed by atoms with Crippen molar-refractivity contribution in [1.29, 1.82) is 0 Å². The van der Waals surface area contributed by atoms with E-state index in [1.807, 2.05) is 17.9 Å². The van der Waals surface area contributed by atoms with Gasteiger partial charge in [-0.2, -0.15) is 5.10 Å². The molecular formula is C17H30N6. The van der Waals surface area contributed by atoms with Crippen LogP contribution >= 0.6 is 0 Å². The zero-order valence-corrected chi connectivity index (χ0v) is 14.6. The molecule has 2 fully saturated rings. The van der Waals surface area contributed by atoms with Crippen LogP contribution in [-0.2, 0) is 6.54 Å². The highest BCUT2D eigenvalue weighted by molar-refractivity contribution is 5.79. The summed E-state index contributed by atoms with van der Waals surface area (Å²) < 4.78 is 1.97. The van der Waals surface area contributed by atoms with Crippen molar-refractivity contribution in [2.75, 3.05) is 20.6 Å². The fraction of sp³-hybridized carbons (Fsp3) is 0.765. The molecule has 2 bridgehead atoms. The number of hydrogen-bond donors (Lipinski definition) is 2. The predicted octanol–water partition coefficient (Wildman–Crippen LogP) is 1.37. The molecule has 0 aromatic carbocycles. The monoisotopic (exact) mass is 318 g/mol. The molecule has 0 aliphatic carbocycles. The van der Waals surface area contributed by atoms with Crippen molar-refractivity contribution in [1.82, 2.24) is 25.3 Å². The number of rotatable bonds is 4. The molecule has 0 radical (unpaired) electrons. The van der Waals surface area contributed by atoms with Crippen LogP contribution in [0, 0.1) is 6.92 Å². The number of aliphatic imine (C=N–C) groups is 1. The number of nitrogens with one attached hydrogen (secondary N) is 2. The molecule has 2 aliphatic rings. The van der Waals surface area contributed by atoms with Crippen molar-refractivity contribution < 1.29 is 0 Å². The van der Waals surface area contributed by atoms with Crippen molar-refractivity contribution in [2.24, 2.45) is 4.99 Å². The minimum atomic E-state index is 0.541. The van der Waals surface area contributed by atoms with Crippen molar-refractivity contribution in [3.05, 3.63) is 18.0 Å². The van der Waals surface area contributed by atoms with Crippen molar-refractivity contribution in [3.63, 3.8) is 0 Å². The molecule has 0 saturated carbocycles. The number of aryl methyl sites for hydroxylation is 1. The number of piperidine rings is 2. The summed E-state index contributed by atoms with van der Waals surface area (Å²) in [4.78, 5) is 6.98. The molecule has 2 atom stereocenters. The Morgan fingerprint density at radius 1 is 1.35 bits per heavy atom. The fourth-order valence-electron chi connectivity index (χ4n) is 4.00. The van der Waals surface area contributed by atoms with Crippen LogP contribution in [0.1, 0.15) is 37.7 Å². The van der Waals surface area contributed by atoms with Crippen molar-refractivity contribution in [3.8, 4) is 0 Å². The second-order valence-corrected chi connectivity index (χ2v) is 7.00. The molecule has 23 heavy (non-hydrogen) atoms. The number of aromatic nitrogens is 2. The molecule has 2 saturated heterocycles. The molecule has 1 aromatic rings. The lowest BCUT2D eigenvalue weighted by Crippen LogP contribution is -2.56. The van der Waals surface area contributed by atoms with E-state index >= 15 is 0 Å². The van der Waals surface area contributed by atoms with Gasteiger partial charge in [0.1, 0.15) is 0 Å². The fourth-order valence-corrected chi connectivity index (χ4v) is 4.00. The first-order valence-corrected chi connectivity index (χ1v) is 8.84. The molecule has 1 aromatic heterocycles. The largest absolute Gasteiger partial charge is 0.355 e. The van der Waals surface area contributed by atoms with E-state index in [0.717, 1.165) is 31.1 Å². The Hall–Kier alpha value is -1.56. The van der Waals surface area contributed by atoms with E-state index in [2.05, 4.69) is 45.8 Å². The highest BCUT2D eigenvalue weighted by Gasteiger charge is 2.36. The summed E-state index contributed by atoms with van der Waals surface area (Å²) in [6.07, 6.45) is 10.5. The SMILES string of the molecule is CN=C(NCCn1cc(C)cn1)NC1CC2CCCC(C1)N2C. The van der Waals surface area contributed by atoms with E-state index < -0.39 is 0 Å². The maximum absolute atomic E-state index is 4.38. The van der Waals surface area contributed by atoms with E-state index in [-0.39, 0.29) is 0 Å². The van der Waals surface area contributed by atoms with Gasteiger partial charge >= 0.3 is 0 Å². The Labute approximate surface area is 139 Å². The first-order chi connectivity index (χ1) is 11.2. The summed E-state index contributed by atoms with van der Waals surface area (Å²) >= 11 is 0. The van der Waals surface area contributed by atoms with Crippen LogP contribution in [0.5, 0.6) is 0 Å². The van der Waals surface area contributed by atoms with Gasteiger partial charge in [0, 0.05) is 37.9 Å². The average Bonchev–Trinajstić information content (AvgIpc) is 2.92. The Bertz CT molecular complexity index is 523. The predicted molar refractivity (Wildman–Crippen MR) is 93.7 cm³/mol. The lowest BCUT2D eigenvalue weighted by atomic mass is 9.82. The zero-order valence-electron chi connectivity index (χ0n) is 14.6. The molecule has 128 valence electrons. The topological polar surface area (TPSA) is 57.5 Å². The molecule has 6 nitrogen and oxygen atoms in total. The number of fused-ring (bicyclic) bond motifs is 2. The number of guanidine groups is 1. The zero-order chi connectivity index (χ0) is 16.2. The Balaban J connectivity index is 1.46. The summed E-state index contributed by atoms with van der Waals surface area (Å²) in [5.74, 6) is 0.918. The lowest BCUT2D eigenvalue weighted by molar-refractivity contribution is 0.0526. The van der Waals surface area contributed by atoms with Crippen LogP contribution in [-0.4, -0.2) is 59.4 Å². The van der Waals surface area contributed by atoms with Crippen LogP contribution in [0.25, 0.3) is 0 Å². The molecule has 3 heterocycles. The number of hydrogen-bond acceptors (Lipinski definition) is 3. The Morgan fingerprint density at radius 3 is 2.70 bits per heavy atom. The Kier molecular flexibility index (Phi) is 5.20. The maximum Gasteiger partial charge on any atom is 0.191 e. The second kappa shape index (κ2) is 7.34. The van der Waals surface area contributed by atoms with E-state index in [9.17, 15) is 0 Å². The molecule has 6 heteroatoms. The van der Waals surface area contributed by atoms with Crippen LogP contribution in [0.2, 0.25) is 0 Å². The van der Waals surface area contributed by atoms with Gasteiger partial charge in [0.05, 0.1) is 12.7 Å². The van der Waals surface area contributed by atoms with Crippen LogP contribution in [0.4, 0.5) is 0 Å². The van der Waals surface area contributed by atoms with Gasteiger partial charge in [-0.05, 0) is 45.2 Å². The average molecular weight is 318 g/mol. The molecule has 2 N–H and O–H groups in total. The first-order valence-electron chi connectivity index (χ1n) is 8.84. The van der Waals surface area contributed by atoms with E-state index in [0.29, 0.717) is 6.04 Å². The quantitative estimate of drug-likeness (QED) is 0.650. The molecule has 0 spiro atoms. The summed E-state index contributed by atoms with van der Waals surface area (Å²) in [5.41, 5.74) is 1.20. The summed E-state index contributed by atoms with van der Waals surface area (Å²) in [7, 11) is 4.15. The second-order valence-electron chi connectivity index (χ2n) is 7.00. The molecule has 2 unspecified atom stereocenters. The van der Waals surface area contributed by atoms with Gasteiger partial charge in [0.2, 0.25) is 0 Å². The minimum absolute atomic E-state index is 0.541. The highest BCUT2D eigenvalue weighted by Crippen LogP contribution is 2.32. The van der Waals surface area contributed by atoms with Crippen molar-refractivity contribution >= 4 is 5.96 Å². The summed E-state index contributed by atoms with van der Waals surface area (Å²) in [5, 5.41) is 11.4. The van der Waals surface area contributed by atoms with Gasteiger partial charge in [-0.15, -0.1) is 0 Å². The van der Waals surface area contributed by atoms with Crippen molar-refractivity contribution in [2.45, 2.75) is 63.7 Å². The standard InChI is InChI=1S/C17H30N6/c1-13-11-20-23(12-13)8-7-19-17(18-2)21-14-9-15-5-4-6-16(10-14)22(15)3/h11-12,14-16H,4-10H2,1-3H3,(H2,18,19,21). The van der Waals surface area contributed by atoms with Gasteiger partial charge in [-0.25, -0.2) is 0 Å². The third-order valence-electron chi connectivity index (χ3n) is 5.30. The van der Waals surface area contributed by atoms with Gasteiger partial charge < -0.3 is 15.5 Å². The van der Waals surface area contributed by atoms with E-state index in [1.54, 1.807) is 0 Å². The molecule has 0 amide bonds. The molecule has 3 rings (SSSR count). The van der Waals surface area contributed by atoms with Gasteiger partial charge in [0.15, 0.2) is 5.96 Å². The minimum Gasteiger partial charge on any atom is -0.355 e. The van der Waals surface area contributed by atoms with Gasteiger partial charge in [0.25, 0.3) is 0 Å². The third-order valence-corrected chi connectivity index (χ3v) is 5.30. The Morgan fingerprint density at radius 2 is 2.09 bits per heavy atom. The first kappa shape index (κ1) is 16.3.